The number of rotatable bonds is 5. The molecule has 0 radical (unpaired) electrons. The summed E-state index contributed by atoms with van der Waals surface area (Å²) in [4.78, 5) is 0. The minimum Gasteiger partial charge on any atom is -0.508 e. The van der Waals surface area contributed by atoms with Gasteiger partial charge in [0, 0.05) is 11.6 Å². The first-order valence-electron chi connectivity index (χ1n) is 9.11. The molecule has 0 saturated heterocycles. The number of phenolic OH excluding ortho intramolecular Hbond substituents is 2. The topological polar surface area (TPSA) is 58.3 Å². The fraction of sp³-hybridized carbons (Fsp3) is 0.0870. The quantitative estimate of drug-likeness (QED) is 0.456. The summed E-state index contributed by atoms with van der Waals surface area (Å²) >= 11 is 6.31. The van der Waals surface area contributed by atoms with Gasteiger partial charge in [-0.25, -0.2) is 9.07 Å². The summed E-state index contributed by atoms with van der Waals surface area (Å²) in [5.74, 6) is -0.362. The van der Waals surface area contributed by atoms with Crippen molar-refractivity contribution in [3.8, 4) is 28.4 Å². The Morgan fingerprint density at radius 2 is 1.72 bits per heavy atom. The van der Waals surface area contributed by atoms with E-state index in [0.29, 0.717) is 40.4 Å². The lowest BCUT2D eigenvalue weighted by Gasteiger charge is -2.13. The van der Waals surface area contributed by atoms with E-state index < -0.39 is 0 Å². The number of phenols is 2. The molecule has 6 heteroatoms. The van der Waals surface area contributed by atoms with Gasteiger partial charge in [-0.3, -0.25) is 0 Å². The van der Waals surface area contributed by atoms with Gasteiger partial charge in [0.25, 0.3) is 0 Å². The molecule has 2 N–H and O–H groups in total. The van der Waals surface area contributed by atoms with E-state index in [1.807, 2.05) is 24.3 Å². The van der Waals surface area contributed by atoms with E-state index in [1.165, 1.54) is 18.2 Å². The molecule has 4 rings (SSSR count). The van der Waals surface area contributed by atoms with Crippen molar-refractivity contribution in [2.45, 2.75) is 12.8 Å². The third kappa shape index (κ3) is 3.96. The molecule has 146 valence electrons. The molecule has 0 amide bonds. The minimum absolute atomic E-state index is 0.00791. The largest absolute Gasteiger partial charge is 0.508 e. The number of aromatic nitrogens is 2. The predicted octanol–water partition coefficient (Wildman–Crippen LogP) is 5.53. The molecule has 0 spiro atoms. The molecule has 0 saturated carbocycles. The van der Waals surface area contributed by atoms with Crippen LogP contribution in [-0.2, 0) is 12.8 Å². The number of para-hydroxylation sites is 1. The van der Waals surface area contributed by atoms with Crippen LogP contribution in [0, 0.1) is 5.82 Å². The number of aryl methyl sites for hydroxylation is 2. The molecule has 0 aliphatic rings. The van der Waals surface area contributed by atoms with Gasteiger partial charge < -0.3 is 10.2 Å². The maximum Gasteiger partial charge on any atom is 0.128 e. The van der Waals surface area contributed by atoms with Crippen molar-refractivity contribution in [1.29, 1.82) is 0 Å². The third-order valence-corrected chi connectivity index (χ3v) is 5.09. The Morgan fingerprint density at radius 1 is 0.897 bits per heavy atom. The molecule has 0 aliphatic heterocycles. The van der Waals surface area contributed by atoms with Crippen LogP contribution in [0.15, 0.2) is 72.9 Å². The van der Waals surface area contributed by atoms with E-state index >= 15 is 0 Å². The van der Waals surface area contributed by atoms with E-state index in [-0.39, 0.29) is 17.3 Å². The van der Waals surface area contributed by atoms with Gasteiger partial charge in [-0.15, -0.1) is 0 Å². The number of benzene rings is 3. The average molecular weight is 409 g/mol. The van der Waals surface area contributed by atoms with Crippen molar-refractivity contribution in [3.63, 3.8) is 0 Å². The molecular formula is C23H18ClFN2O2. The first-order chi connectivity index (χ1) is 14.0. The molecule has 3 aromatic carbocycles. The lowest BCUT2D eigenvalue weighted by molar-refractivity contribution is 0.447. The average Bonchev–Trinajstić information content (AvgIpc) is 3.17. The van der Waals surface area contributed by atoms with Crippen LogP contribution < -0.4 is 0 Å². The van der Waals surface area contributed by atoms with Crippen LogP contribution in [0.3, 0.4) is 0 Å². The Morgan fingerprint density at radius 3 is 2.52 bits per heavy atom. The van der Waals surface area contributed by atoms with E-state index in [9.17, 15) is 14.6 Å². The Hall–Kier alpha value is -3.31. The van der Waals surface area contributed by atoms with Gasteiger partial charge in [-0.05, 0) is 60.4 Å². The number of hydrogen-bond donors (Lipinski definition) is 2. The first-order valence-corrected chi connectivity index (χ1v) is 9.49. The van der Waals surface area contributed by atoms with Crippen LogP contribution in [-0.4, -0.2) is 20.0 Å². The van der Waals surface area contributed by atoms with Crippen molar-refractivity contribution < 1.29 is 14.6 Å². The zero-order valence-corrected chi connectivity index (χ0v) is 16.1. The molecule has 0 aliphatic carbocycles. The number of hydrogen-bond acceptors (Lipinski definition) is 3. The molecule has 0 unspecified atom stereocenters. The van der Waals surface area contributed by atoms with Gasteiger partial charge >= 0.3 is 0 Å². The summed E-state index contributed by atoms with van der Waals surface area (Å²) in [6.45, 7) is 0. The second kappa shape index (κ2) is 7.97. The molecule has 1 aromatic heterocycles. The van der Waals surface area contributed by atoms with Crippen LogP contribution >= 0.6 is 11.6 Å². The normalized spacial score (nSPS) is 11.0. The molecule has 1 heterocycles. The van der Waals surface area contributed by atoms with E-state index in [4.69, 9.17) is 11.6 Å². The lowest BCUT2D eigenvalue weighted by Crippen LogP contribution is -2.00. The molecule has 4 nitrogen and oxygen atoms in total. The number of halogens is 2. The summed E-state index contributed by atoms with van der Waals surface area (Å²) in [7, 11) is 0. The molecule has 4 aromatic rings. The monoisotopic (exact) mass is 408 g/mol. The fourth-order valence-corrected chi connectivity index (χ4v) is 3.54. The second-order valence-corrected chi connectivity index (χ2v) is 7.11. The van der Waals surface area contributed by atoms with Crippen molar-refractivity contribution >= 4 is 11.6 Å². The zero-order valence-electron chi connectivity index (χ0n) is 15.4. The van der Waals surface area contributed by atoms with Gasteiger partial charge in [0.15, 0.2) is 0 Å². The maximum absolute atomic E-state index is 13.4. The van der Waals surface area contributed by atoms with Crippen molar-refractivity contribution in [1.82, 2.24) is 9.78 Å². The highest BCUT2D eigenvalue weighted by Crippen LogP contribution is 2.37. The van der Waals surface area contributed by atoms with Crippen LogP contribution in [0.1, 0.15) is 11.1 Å². The fourth-order valence-electron chi connectivity index (χ4n) is 3.32. The van der Waals surface area contributed by atoms with Crippen LogP contribution in [0.4, 0.5) is 4.39 Å². The van der Waals surface area contributed by atoms with Crippen molar-refractivity contribution in [2.24, 2.45) is 0 Å². The highest BCUT2D eigenvalue weighted by Gasteiger charge is 2.16. The molecule has 29 heavy (non-hydrogen) atoms. The van der Waals surface area contributed by atoms with Crippen molar-refractivity contribution in [3.05, 3.63) is 94.9 Å². The van der Waals surface area contributed by atoms with Gasteiger partial charge in [-0.1, -0.05) is 35.9 Å². The predicted molar refractivity (Wildman–Crippen MR) is 111 cm³/mol. The first kappa shape index (κ1) is 19.0. The van der Waals surface area contributed by atoms with Crippen LogP contribution in [0.5, 0.6) is 11.5 Å². The Kier molecular flexibility index (Phi) is 5.23. The van der Waals surface area contributed by atoms with Gasteiger partial charge in [-0.2, -0.15) is 5.10 Å². The van der Waals surface area contributed by atoms with Crippen molar-refractivity contribution in [2.75, 3.05) is 0 Å². The zero-order chi connectivity index (χ0) is 20.4. The number of aromatic hydroxyl groups is 2. The summed E-state index contributed by atoms with van der Waals surface area (Å²) in [6.07, 6.45) is 2.67. The lowest BCUT2D eigenvalue weighted by atomic mass is 9.99. The highest BCUT2D eigenvalue weighted by molar-refractivity contribution is 6.32. The van der Waals surface area contributed by atoms with E-state index in [2.05, 4.69) is 5.10 Å². The van der Waals surface area contributed by atoms with Crippen LogP contribution in [0.25, 0.3) is 16.9 Å². The second-order valence-electron chi connectivity index (χ2n) is 6.71. The van der Waals surface area contributed by atoms with Crippen LogP contribution in [0.2, 0.25) is 5.02 Å². The standard InChI is InChI=1S/C23H18ClFN2O2/c24-19-6-1-2-7-21(19)27-20(10-11-26-27)18-13-16(22(28)14-23(18)29)9-8-15-4-3-5-17(25)12-15/h1-7,10-14,28-29H,8-9H2. The van der Waals surface area contributed by atoms with E-state index in [1.54, 1.807) is 35.1 Å². The molecular weight excluding hydrogens is 391 g/mol. The van der Waals surface area contributed by atoms with Gasteiger partial charge in [0.2, 0.25) is 0 Å². The Balaban J connectivity index is 1.70. The summed E-state index contributed by atoms with van der Waals surface area (Å²) in [6, 6.07) is 18.5. The SMILES string of the molecule is Oc1cc(O)c(-c2ccnn2-c2ccccc2Cl)cc1CCc1cccc(F)c1. The number of nitrogens with zero attached hydrogens (tertiary/aromatic N) is 2. The van der Waals surface area contributed by atoms with E-state index in [0.717, 1.165) is 5.56 Å². The van der Waals surface area contributed by atoms with Gasteiger partial charge in [0.1, 0.15) is 17.3 Å². The summed E-state index contributed by atoms with van der Waals surface area (Å²) in [5, 5.41) is 25.6. The molecule has 0 bridgehead atoms. The Bertz CT molecular complexity index is 1170. The highest BCUT2D eigenvalue weighted by atomic mass is 35.5. The minimum atomic E-state index is -0.290. The Labute approximate surface area is 172 Å². The third-order valence-electron chi connectivity index (χ3n) is 4.77. The summed E-state index contributed by atoms with van der Waals surface area (Å²) in [5.41, 5.74) is 3.33. The van der Waals surface area contributed by atoms with Gasteiger partial charge in [0.05, 0.1) is 22.6 Å². The molecule has 0 atom stereocenters. The smallest absolute Gasteiger partial charge is 0.128 e. The molecule has 0 fully saturated rings. The maximum atomic E-state index is 13.4. The summed E-state index contributed by atoms with van der Waals surface area (Å²) < 4.78 is 15.1.